The predicted octanol–water partition coefficient (Wildman–Crippen LogP) is 3.16. The van der Waals surface area contributed by atoms with Gasteiger partial charge in [-0.3, -0.25) is 9.78 Å². The van der Waals surface area contributed by atoms with E-state index >= 15 is 0 Å². The van der Waals surface area contributed by atoms with Gasteiger partial charge in [-0.1, -0.05) is 28.4 Å². The molecule has 2 aromatic rings. The zero-order valence-electron chi connectivity index (χ0n) is 12.6. The van der Waals surface area contributed by atoms with Crippen LogP contribution in [0.1, 0.15) is 35.3 Å². The van der Waals surface area contributed by atoms with Crippen molar-refractivity contribution in [2.24, 2.45) is 11.7 Å². The zero-order valence-corrected chi connectivity index (χ0v) is 14.2. The van der Waals surface area contributed by atoms with Crippen molar-refractivity contribution >= 4 is 32.7 Å². The molecule has 116 valence electrons. The lowest BCUT2D eigenvalue weighted by Gasteiger charge is -2.20. The fourth-order valence-corrected chi connectivity index (χ4v) is 3.63. The van der Waals surface area contributed by atoms with Gasteiger partial charge in [0.2, 0.25) is 0 Å². The van der Waals surface area contributed by atoms with Gasteiger partial charge in [0, 0.05) is 21.6 Å². The normalized spacial score (nSPS) is 21.2. The monoisotopic (exact) mass is 361 g/mol. The first-order chi connectivity index (χ1) is 10.6. The number of hydrogen-bond acceptors (Lipinski definition) is 3. The van der Waals surface area contributed by atoms with E-state index in [0.29, 0.717) is 18.0 Å². The number of nitrogens with zero attached hydrogens (tertiary/aromatic N) is 1. The first kappa shape index (κ1) is 15.4. The van der Waals surface area contributed by atoms with Gasteiger partial charge in [0.15, 0.2) is 0 Å². The number of nitrogens with one attached hydrogen (secondary N) is 1. The fraction of sp³-hybridized carbons (Fsp3) is 0.412. The first-order valence-corrected chi connectivity index (χ1v) is 8.45. The van der Waals surface area contributed by atoms with Gasteiger partial charge in [0.1, 0.15) is 0 Å². The van der Waals surface area contributed by atoms with Crippen molar-refractivity contribution in [1.29, 1.82) is 0 Å². The molecule has 0 bridgehead atoms. The van der Waals surface area contributed by atoms with Crippen LogP contribution in [0.25, 0.3) is 10.9 Å². The molecule has 22 heavy (non-hydrogen) atoms. The predicted molar refractivity (Wildman–Crippen MR) is 91.8 cm³/mol. The van der Waals surface area contributed by atoms with E-state index in [4.69, 9.17) is 5.73 Å². The van der Waals surface area contributed by atoms with E-state index in [1.54, 1.807) is 0 Å². The molecule has 1 aromatic carbocycles. The van der Waals surface area contributed by atoms with Crippen LogP contribution < -0.4 is 11.1 Å². The quantitative estimate of drug-likeness (QED) is 0.881. The molecule has 1 fully saturated rings. The second-order valence-electron chi connectivity index (χ2n) is 5.98. The number of carbonyl (C=O) groups excluding carboxylic acids is 1. The molecular formula is C17H20BrN3O. The summed E-state index contributed by atoms with van der Waals surface area (Å²) in [4.78, 5) is 17.2. The Hall–Kier alpha value is -1.46. The van der Waals surface area contributed by atoms with Crippen LogP contribution >= 0.6 is 15.9 Å². The number of aryl methyl sites for hydroxylation is 1. The van der Waals surface area contributed by atoms with Gasteiger partial charge in [-0.15, -0.1) is 0 Å². The van der Waals surface area contributed by atoms with Crippen LogP contribution in [0.3, 0.4) is 0 Å². The van der Waals surface area contributed by atoms with E-state index in [1.807, 2.05) is 31.2 Å². The Morgan fingerprint density at radius 2 is 2.23 bits per heavy atom. The molecule has 4 nitrogen and oxygen atoms in total. The Labute approximate surface area is 138 Å². The Bertz CT molecular complexity index is 711. The zero-order chi connectivity index (χ0) is 15.7. The maximum Gasteiger partial charge on any atom is 0.252 e. The average molecular weight is 362 g/mol. The maximum atomic E-state index is 12.7. The highest BCUT2D eigenvalue weighted by Gasteiger charge is 2.28. The highest BCUT2D eigenvalue weighted by Crippen LogP contribution is 2.26. The molecule has 1 aromatic heterocycles. The van der Waals surface area contributed by atoms with Gasteiger partial charge in [-0.05, 0) is 50.4 Å². The molecule has 1 saturated carbocycles. The number of fused-ring (bicyclic) bond motifs is 1. The van der Waals surface area contributed by atoms with E-state index in [-0.39, 0.29) is 11.9 Å². The first-order valence-electron chi connectivity index (χ1n) is 7.66. The number of aromatic nitrogens is 1. The molecule has 1 heterocycles. The summed E-state index contributed by atoms with van der Waals surface area (Å²) >= 11 is 3.45. The third kappa shape index (κ3) is 3.01. The summed E-state index contributed by atoms with van der Waals surface area (Å²) in [7, 11) is 0. The van der Waals surface area contributed by atoms with Crippen molar-refractivity contribution in [2.45, 2.75) is 32.2 Å². The Morgan fingerprint density at radius 1 is 1.41 bits per heavy atom. The van der Waals surface area contributed by atoms with E-state index < -0.39 is 0 Å². The van der Waals surface area contributed by atoms with Crippen molar-refractivity contribution < 1.29 is 4.79 Å². The van der Waals surface area contributed by atoms with Gasteiger partial charge in [-0.25, -0.2) is 0 Å². The van der Waals surface area contributed by atoms with Gasteiger partial charge < -0.3 is 11.1 Å². The second-order valence-corrected chi connectivity index (χ2v) is 6.89. The minimum Gasteiger partial charge on any atom is -0.349 e. The highest BCUT2D eigenvalue weighted by molar-refractivity contribution is 9.10. The molecule has 1 amide bonds. The second kappa shape index (κ2) is 6.34. The van der Waals surface area contributed by atoms with Crippen molar-refractivity contribution in [1.82, 2.24) is 10.3 Å². The Kier molecular flexibility index (Phi) is 4.45. The molecule has 3 N–H and O–H groups in total. The summed E-state index contributed by atoms with van der Waals surface area (Å²) < 4.78 is 0.962. The maximum absolute atomic E-state index is 12.7. The van der Waals surface area contributed by atoms with Crippen LogP contribution in [0.4, 0.5) is 0 Å². The molecule has 2 unspecified atom stereocenters. The van der Waals surface area contributed by atoms with Crippen LogP contribution in [0, 0.1) is 12.8 Å². The van der Waals surface area contributed by atoms with Gasteiger partial charge in [0.05, 0.1) is 11.1 Å². The lowest BCUT2D eigenvalue weighted by atomic mass is 10.0. The summed E-state index contributed by atoms with van der Waals surface area (Å²) in [5.41, 5.74) is 8.18. The fourth-order valence-electron chi connectivity index (χ4n) is 3.28. The van der Waals surface area contributed by atoms with Crippen LogP contribution in [0.5, 0.6) is 0 Å². The molecule has 5 heteroatoms. The van der Waals surface area contributed by atoms with Crippen LogP contribution in [-0.4, -0.2) is 23.5 Å². The number of benzene rings is 1. The molecule has 0 spiro atoms. The molecule has 0 saturated heterocycles. The topological polar surface area (TPSA) is 68.0 Å². The average Bonchev–Trinajstić information content (AvgIpc) is 2.93. The highest BCUT2D eigenvalue weighted by atomic mass is 79.9. The Balaban J connectivity index is 1.93. The summed E-state index contributed by atoms with van der Waals surface area (Å²) in [6.07, 6.45) is 3.25. The number of halogens is 1. The van der Waals surface area contributed by atoms with Gasteiger partial charge in [0.25, 0.3) is 5.91 Å². The number of pyridine rings is 1. The van der Waals surface area contributed by atoms with Crippen LogP contribution in [0.15, 0.2) is 28.7 Å². The molecule has 1 aliphatic carbocycles. The summed E-state index contributed by atoms with van der Waals surface area (Å²) in [6.45, 7) is 2.55. The molecule has 0 radical (unpaired) electrons. The minimum absolute atomic E-state index is 0.0248. The van der Waals surface area contributed by atoms with Crippen LogP contribution in [-0.2, 0) is 0 Å². The van der Waals surface area contributed by atoms with E-state index in [0.717, 1.165) is 40.3 Å². The van der Waals surface area contributed by atoms with Gasteiger partial charge in [-0.2, -0.15) is 0 Å². The number of rotatable bonds is 3. The number of nitrogens with two attached hydrogens (primary N) is 1. The van der Waals surface area contributed by atoms with Crippen LogP contribution in [0.2, 0.25) is 0 Å². The lowest BCUT2D eigenvalue weighted by Crippen LogP contribution is -2.40. The van der Waals surface area contributed by atoms with E-state index in [1.165, 1.54) is 0 Å². The van der Waals surface area contributed by atoms with Crippen molar-refractivity contribution in [2.75, 3.05) is 6.54 Å². The summed E-state index contributed by atoms with van der Waals surface area (Å²) in [6, 6.07) is 7.87. The smallest absolute Gasteiger partial charge is 0.252 e. The lowest BCUT2D eigenvalue weighted by molar-refractivity contribution is 0.0930. The molecule has 1 aliphatic rings. The summed E-state index contributed by atoms with van der Waals surface area (Å²) in [5, 5.41) is 4.05. The minimum atomic E-state index is -0.0248. The molecular weight excluding hydrogens is 342 g/mol. The van der Waals surface area contributed by atoms with Gasteiger partial charge >= 0.3 is 0 Å². The molecule has 3 rings (SSSR count). The van der Waals surface area contributed by atoms with Crippen molar-refractivity contribution in [3.63, 3.8) is 0 Å². The van der Waals surface area contributed by atoms with Crippen molar-refractivity contribution in [3.05, 3.63) is 40.0 Å². The van der Waals surface area contributed by atoms with E-state index in [2.05, 4.69) is 26.2 Å². The van der Waals surface area contributed by atoms with Crippen molar-refractivity contribution in [3.8, 4) is 0 Å². The number of carbonyl (C=O) groups is 1. The summed E-state index contributed by atoms with van der Waals surface area (Å²) in [5.74, 6) is 0.371. The molecule has 0 aliphatic heterocycles. The van der Waals surface area contributed by atoms with E-state index in [9.17, 15) is 4.79 Å². The number of hydrogen-bond donors (Lipinski definition) is 2. The number of amides is 1. The third-order valence-electron chi connectivity index (χ3n) is 4.42. The molecule has 2 atom stereocenters. The standard InChI is InChI=1S/C17H20BrN3O/c1-10-7-14(13-6-5-12(18)8-16(13)20-10)17(22)21-15-4-2-3-11(15)9-19/h5-8,11,15H,2-4,9,19H2,1H3,(H,21,22). The Morgan fingerprint density at radius 3 is 3.00 bits per heavy atom. The third-order valence-corrected chi connectivity index (χ3v) is 4.92. The largest absolute Gasteiger partial charge is 0.349 e. The SMILES string of the molecule is Cc1cc(C(=O)NC2CCCC2CN)c2ccc(Br)cc2n1.